The Kier molecular flexibility index (Phi) is 6.49. The molecule has 8 heteroatoms. The zero-order valence-corrected chi connectivity index (χ0v) is 19.6. The fraction of sp³-hybridized carbons (Fsp3) is 0.654. The summed E-state index contributed by atoms with van der Waals surface area (Å²) in [6, 6.07) is 6.31. The van der Waals surface area contributed by atoms with E-state index >= 15 is 0 Å². The number of hydrogen-bond acceptors (Lipinski definition) is 5. The molecule has 5 fully saturated rings. The zero-order chi connectivity index (χ0) is 23.7. The van der Waals surface area contributed by atoms with Gasteiger partial charge in [-0.25, -0.2) is 4.39 Å². The van der Waals surface area contributed by atoms with Crippen LogP contribution in [0.15, 0.2) is 24.3 Å². The zero-order valence-electron chi connectivity index (χ0n) is 19.6. The Morgan fingerprint density at radius 3 is 2.12 bits per heavy atom. The van der Waals surface area contributed by atoms with Crippen LogP contribution in [-0.4, -0.2) is 62.0 Å². The Morgan fingerprint density at radius 1 is 0.941 bits per heavy atom. The Balaban J connectivity index is 0.999. The summed E-state index contributed by atoms with van der Waals surface area (Å²) < 4.78 is 18.2. The van der Waals surface area contributed by atoms with Gasteiger partial charge in [-0.3, -0.25) is 14.4 Å². The molecule has 1 aromatic carbocycles. The van der Waals surface area contributed by atoms with E-state index in [-0.39, 0.29) is 36.2 Å². The molecule has 7 nitrogen and oxygen atoms in total. The van der Waals surface area contributed by atoms with Crippen molar-refractivity contribution < 1.29 is 23.5 Å². The van der Waals surface area contributed by atoms with Gasteiger partial charge in [-0.05, 0) is 86.0 Å². The van der Waals surface area contributed by atoms with Gasteiger partial charge in [0.25, 0.3) is 5.91 Å². The van der Waals surface area contributed by atoms with Crippen LogP contribution in [0.4, 0.5) is 10.1 Å². The quantitative estimate of drug-likeness (QED) is 0.619. The maximum absolute atomic E-state index is 13.1. The number of piperazine rings is 1. The van der Waals surface area contributed by atoms with Crippen molar-refractivity contribution in [1.82, 2.24) is 10.2 Å². The first-order chi connectivity index (χ1) is 16.4. The molecular formula is C26H34FN3O4. The second-order valence-electron chi connectivity index (χ2n) is 10.9. The molecule has 0 aromatic heterocycles. The third kappa shape index (κ3) is 5.20. The number of amides is 2. The standard InChI is InChI=1S/C26H34FN3O4/c27-21-1-3-22(4-2-21)29-5-7-30(8-6-29)24(32)17-34-25(33)16-28-23(31)15-26-12-18-9-19(13-26)11-20(10-18)14-26/h1-4,18-20H,5-17H2,(H,28,31). The van der Waals surface area contributed by atoms with Crippen LogP contribution in [-0.2, 0) is 19.1 Å². The molecule has 0 spiro atoms. The Hall–Kier alpha value is -2.64. The van der Waals surface area contributed by atoms with Crippen LogP contribution in [0.25, 0.3) is 0 Å². The molecule has 184 valence electrons. The van der Waals surface area contributed by atoms with E-state index in [4.69, 9.17) is 4.74 Å². The lowest BCUT2D eigenvalue weighted by Crippen LogP contribution is -2.50. The molecule has 1 aromatic rings. The van der Waals surface area contributed by atoms with E-state index in [2.05, 4.69) is 10.2 Å². The average molecular weight is 472 g/mol. The lowest BCUT2D eigenvalue weighted by atomic mass is 9.49. The molecule has 4 bridgehead atoms. The average Bonchev–Trinajstić information content (AvgIpc) is 2.80. The van der Waals surface area contributed by atoms with Crippen molar-refractivity contribution in [3.05, 3.63) is 30.1 Å². The van der Waals surface area contributed by atoms with Crippen molar-refractivity contribution >= 4 is 23.5 Å². The van der Waals surface area contributed by atoms with Crippen LogP contribution in [0.3, 0.4) is 0 Å². The van der Waals surface area contributed by atoms with Crippen LogP contribution in [0.2, 0.25) is 0 Å². The van der Waals surface area contributed by atoms with Gasteiger partial charge in [-0.2, -0.15) is 0 Å². The Morgan fingerprint density at radius 2 is 1.53 bits per heavy atom. The highest BCUT2D eigenvalue weighted by Gasteiger charge is 2.51. The highest BCUT2D eigenvalue weighted by atomic mass is 19.1. The predicted molar refractivity (Wildman–Crippen MR) is 124 cm³/mol. The second-order valence-corrected chi connectivity index (χ2v) is 10.9. The van der Waals surface area contributed by atoms with E-state index in [1.54, 1.807) is 17.0 Å². The molecule has 34 heavy (non-hydrogen) atoms. The SMILES string of the molecule is O=C(CC12CC3CC(CC(C3)C1)C2)NCC(=O)OCC(=O)N1CCN(c2ccc(F)cc2)CC1. The first kappa shape index (κ1) is 23.1. The fourth-order valence-electron chi connectivity index (χ4n) is 7.23. The fourth-order valence-corrected chi connectivity index (χ4v) is 7.23. The van der Waals surface area contributed by atoms with Crippen molar-refractivity contribution in [3.8, 4) is 0 Å². The predicted octanol–water partition coefficient (Wildman–Crippen LogP) is 2.74. The molecule has 4 saturated carbocycles. The third-order valence-electron chi connectivity index (χ3n) is 8.31. The van der Waals surface area contributed by atoms with Crippen molar-refractivity contribution in [3.63, 3.8) is 0 Å². The number of rotatable bonds is 7. The molecule has 6 rings (SSSR count). The highest BCUT2D eigenvalue weighted by molar-refractivity contribution is 5.84. The summed E-state index contributed by atoms with van der Waals surface area (Å²) in [5.41, 5.74) is 1.05. The number of nitrogens with one attached hydrogen (secondary N) is 1. The largest absolute Gasteiger partial charge is 0.454 e. The number of nitrogens with zero attached hydrogens (tertiary/aromatic N) is 2. The minimum absolute atomic E-state index is 0.0814. The molecule has 0 radical (unpaired) electrons. The van der Waals surface area contributed by atoms with E-state index in [0.29, 0.717) is 32.6 Å². The lowest BCUT2D eigenvalue weighted by Gasteiger charge is -2.56. The number of carbonyl (C=O) groups is 3. The van der Waals surface area contributed by atoms with Crippen LogP contribution in [0.5, 0.6) is 0 Å². The number of benzene rings is 1. The lowest BCUT2D eigenvalue weighted by molar-refractivity contribution is -0.152. The summed E-state index contributed by atoms with van der Waals surface area (Å²) >= 11 is 0. The van der Waals surface area contributed by atoms with Crippen molar-refractivity contribution in [2.45, 2.75) is 44.9 Å². The smallest absolute Gasteiger partial charge is 0.325 e. The molecule has 1 heterocycles. The Labute approximate surface area is 200 Å². The van der Waals surface area contributed by atoms with Crippen LogP contribution < -0.4 is 10.2 Å². The van der Waals surface area contributed by atoms with Gasteiger partial charge in [-0.1, -0.05) is 0 Å². The van der Waals surface area contributed by atoms with Gasteiger partial charge in [0.15, 0.2) is 6.61 Å². The summed E-state index contributed by atoms with van der Waals surface area (Å²) in [6.07, 6.45) is 7.97. The van der Waals surface area contributed by atoms with Gasteiger partial charge in [-0.15, -0.1) is 0 Å². The van der Waals surface area contributed by atoms with Crippen LogP contribution >= 0.6 is 0 Å². The Bertz CT molecular complexity index is 891. The van der Waals surface area contributed by atoms with Crippen LogP contribution in [0, 0.1) is 29.0 Å². The van der Waals surface area contributed by atoms with Gasteiger partial charge >= 0.3 is 5.97 Å². The summed E-state index contributed by atoms with van der Waals surface area (Å²) in [6.45, 7) is 1.76. The summed E-state index contributed by atoms with van der Waals surface area (Å²) in [5, 5.41) is 2.72. The maximum atomic E-state index is 13.1. The van der Waals surface area contributed by atoms with E-state index in [9.17, 15) is 18.8 Å². The summed E-state index contributed by atoms with van der Waals surface area (Å²) in [7, 11) is 0. The first-order valence-electron chi connectivity index (χ1n) is 12.6. The van der Waals surface area contributed by atoms with Gasteiger partial charge in [0.1, 0.15) is 12.4 Å². The monoisotopic (exact) mass is 471 g/mol. The van der Waals surface area contributed by atoms with E-state index in [0.717, 1.165) is 42.7 Å². The van der Waals surface area contributed by atoms with Crippen molar-refractivity contribution in [2.75, 3.05) is 44.2 Å². The second kappa shape index (κ2) is 9.55. The number of halogens is 1. The summed E-state index contributed by atoms with van der Waals surface area (Å²) in [5.74, 6) is 1.17. The number of anilines is 1. The highest BCUT2D eigenvalue weighted by Crippen LogP contribution is 2.61. The van der Waals surface area contributed by atoms with Crippen molar-refractivity contribution in [1.29, 1.82) is 0 Å². The molecule has 1 aliphatic heterocycles. The van der Waals surface area contributed by atoms with Gasteiger partial charge in [0.2, 0.25) is 5.91 Å². The third-order valence-corrected chi connectivity index (χ3v) is 8.31. The number of ether oxygens (including phenoxy) is 1. The minimum Gasteiger partial charge on any atom is -0.454 e. The molecule has 0 atom stereocenters. The maximum Gasteiger partial charge on any atom is 0.325 e. The molecular weight excluding hydrogens is 437 g/mol. The van der Waals surface area contributed by atoms with Gasteiger partial charge in [0, 0.05) is 38.3 Å². The normalized spacial score (nSPS) is 29.7. The minimum atomic E-state index is -0.586. The molecule has 0 unspecified atom stereocenters. The molecule has 2 amide bonds. The van der Waals surface area contributed by atoms with E-state index < -0.39 is 5.97 Å². The molecule has 1 N–H and O–H groups in total. The van der Waals surface area contributed by atoms with Gasteiger partial charge < -0.3 is 19.9 Å². The topological polar surface area (TPSA) is 78.9 Å². The molecule has 4 aliphatic carbocycles. The van der Waals surface area contributed by atoms with Gasteiger partial charge in [0.05, 0.1) is 0 Å². The number of hydrogen-bond donors (Lipinski definition) is 1. The summed E-state index contributed by atoms with van der Waals surface area (Å²) in [4.78, 5) is 40.9. The van der Waals surface area contributed by atoms with Crippen molar-refractivity contribution in [2.24, 2.45) is 23.2 Å². The van der Waals surface area contributed by atoms with E-state index in [1.165, 1.54) is 31.4 Å². The molecule has 1 saturated heterocycles. The first-order valence-corrected chi connectivity index (χ1v) is 12.6. The number of carbonyl (C=O) groups excluding carboxylic acids is 3. The number of esters is 1. The van der Waals surface area contributed by atoms with E-state index in [1.807, 2.05) is 0 Å². The molecule has 5 aliphatic rings. The van der Waals surface area contributed by atoms with Crippen LogP contribution in [0.1, 0.15) is 44.9 Å².